The molecule has 1 heterocycles. The zero-order chi connectivity index (χ0) is 11.5. The van der Waals surface area contributed by atoms with Crippen LogP contribution in [-0.4, -0.2) is 54.9 Å². The van der Waals surface area contributed by atoms with E-state index in [1.807, 2.05) is 0 Å². The molecule has 1 aliphatic heterocycles. The number of likely N-dealkylation sites (N-methyl/N-ethyl adjacent to an activating group) is 1. The quantitative estimate of drug-likeness (QED) is 0.655. The smallest absolute Gasteiger partial charge is 0.133 e. The highest BCUT2D eigenvalue weighted by molar-refractivity contribution is 5.78. The van der Waals surface area contributed by atoms with Crippen LogP contribution in [0.2, 0.25) is 0 Å². The molecule has 0 spiro atoms. The highest BCUT2D eigenvalue weighted by Gasteiger charge is 2.27. The summed E-state index contributed by atoms with van der Waals surface area (Å²) < 4.78 is 0. The predicted molar refractivity (Wildman–Crippen MR) is 65.4 cm³/mol. The van der Waals surface area contributed by atoms with Crippen molar-refractivity contribution in [2.75, 3.05) is 33.2 Å². The summed E-state index contributed by atoms with van der Waals surface area (Å²) in [6, 6.07) is 0.497. The zero-order valence-electron chi connectivity index (χ0n) is 10.4. The minimum atomic E-state index is 0.259. The summed E-state index contributed by atoms with van der Waals surface area (Å²) in [5, 5.41) is 0. The largest absolute Gasteiger partial charge is 0.304 e. The number of carbonyl (C=O) groups is 1. The van der Waals surface area contributed by atoms with Crippen molar-refractivity contribution in [2.45, 2.75) is 25.8 Å². The van der Waals surface area contributed by atoms with Crippen molar-refractivity contribution < 1.29 is 4.79 Å². The summed E-state index contributed by atoms with van der Waals surface area (Å²) in [4.78, 5) is 16.3. The first-order chi connectivity index (χ1) is 7.66. The first-order valence-corrected chi connectivity index (χ1v) is 6.26. The first kappa shape index (κ1) is 11.8. The molecule has 3 nitrogen and oxygen atoms in total. The summed E-state index contributed by atoms with van der Waals surface area (Å²) >= 11 is 0. The van der Waals surface area contributed by atoms with Crippen LogP contribution in [0.1, 0.15) is 19.8 Å². The predicted octanol–water partition coefficient (Wildman–Crippen LogP) is 1.16. The van der Waals surface area contributed by atoms with Crippen LogP contribution in [0.4, 0.5) is 0 Å². The number of nitrogens with zero attached hydrogens (tertiary/aromatic N) is 2. The van der Waals surface area contributed by atoms with Crippen LogP contribution < -0.4 is 0 Å². The van der Waals surface area contributed by atoms with Gasteiger partial charge in [-0.2, -0.15) is 0 Å². The molecule has 0 unspecified atom stereocenters. The number of carbonyl (C=O) groups excluding carboxylic acids is 1. The topological polar surface area (TPSA) is 23.6 Å². The Kier molecular flexibility index (Phi) is 3.77. The minimum Gasteiger partial charge on any atom is -0.304 e. The molecule has 2 aliphatic rings. The highest BCUT2D eigenvalue weighted by atomic mass is 16.1. The van der Waals surface area contributed by atoms with E-state index in [1.165, 1.54) is 0 Å². The molecule has 0 bridgehead atoms. The molecular formula is C13H22N2O. The van der Waals surface area contributed by atoms with E-state index in [2.05, 4.69) is 29.0 Å². The monoisotopic (exact) mass is 222 g/mol. The van der Waals surface area contributed by atoms with Crippen LogP contribution in [0.25, 0.3) is 0 Å². The van der Waals surface area contributed by atoms with Crippen molar-refractivity contribution in [1.82, 2.24) is 9.80 Å². The maximum Gasteiger partial charge on any atom is 0.133 e. The van der Waals surface area contributed by atoms with Crippen LogP contribution in [0, 0.1) is 5.92 Å². The Hall–Kier alpha value is -0.670. The minimum absolute atomic E-state index is 0.259. The van der Waals surface area contributed by atoms with E-state index in [0.29, 0.717) is 11.8 Å². The lowest BCUT2D eigenvalue weighted by Gasteiger charge is -2.39. The lowest BCUT2D eigenvalue weighted by atomic mass is 9.87. The van der Waals surface area contributed by atoms with Gasteiger partial charge in [0.1, 0.15) is 5.78 Å². The third kappa shape index (κ3) is 2.71. The number of hydrogen-bond acceptors (Lipinski definition) is 3. The van der Waals surface area contributed by atoms with Gasteiger partial charge in [0.25, 0.3) is 0 Å². The molecule has 0 aromatic rings. The van der Waals surface area contributed by atoms with Gasteiger partial charge >= 0.3 is 0 Å². The third-order valence-corrected chi connectivity index (χ3v) is 3.89. The molecule has 0 N–H and O–H groups in total. The maximum atomic E-state index is 11.4. The van der Waals surface area contributed by atoms with Gasteiger partial charge in [-0.3, -0.25) is 9.69 Å². The molecule has 0 aromatic carbocycles. The molecule has 1 saturated heterocycles. The molecule has 0 aromatic heterocycles. The summed E-state index contributed by atoms with van der Waals surface area (Å²) in [5.41, 5.74) is 0. The van der Waals surface area contributed by atoms with Gasteiger partial charge in [-0.25, -0.2) is 0 Å². The number of hydrogen-bond donors (Lipinski definition) is 0. The molecule has 3 heteroatoms. The van der Waals surface area contributed by atoms with Gasteiger partial charge in [-0.15, -0.1) is 0 Å². The Bertz CT molecular complexity index is 280. The molecule has 0 amide bonds. The Morgan fingerprint density at radius 2 is 1.94 bits per heavy atom. The van der Waals surface area contributed by atoms with Crippen molar-refractivity contribution in [2.24, 2.45) is 5.92 Å². The Balaban J connectivity index is 1.92. The van der Waals surface area contributed by atoms with Crippen molar-refractivity contribution in [3.8, 4) is 0 Å². The van der Waals surface area contributed by atoms with Crippen LogP contribution >= 0.6 is 0 Å². The Morgan fingerprint density at radius 1 is 1.25 bits per heavy atom. The van der Waals surface area contributed by atoms with E-state index < -0.39 is 0 Å². The molecule has 1 fully saturated rings. The van der Waals surface area contributed by atoms with Crippen LogP contribution in [-0.2, 0) is 4.79 Å². The average Bonchev–Trinajstić information content (AvgIpc) is 2.30. The Labute approximate surface area is 98.1 Å². The second-order valence-electron chi connectivity index (χ2n) is 5.11. The van der Waals surface area contributed by atoms with E-state index in [9.17, 15) is 4.79 Å². The average molecular weight is 222 g/mol. The van der Waals surface area contributed by atoms with Gasteiger partial charge in [0.15, 0.2) is 0 Å². The number of piperazine rings is 1. The first-order valence-electron chi connectivity index (χ1n) is 6.26. The number of allylic oxidation sites excluding steroid dienone is 1. The van der Waals surface area contributed by atoms with Gasteiger partial charge in [0, 0.05) is 38.1 Å². The second-order valence-corrected chi connectivity index (χ2v) is 5.11. The van der Waals surface area contributed by atoms with E-state index in [-0.39, 0.29) is 5.92 Å². The van der Waals surface area contributed by atoms with Crippen molar-refractivity contribution in [3.05, 3.63) is 12.2 Å². The van der Waals surface area contributed by atoms with Crippen LogP contribution in [0.5, 0.6) is 0 Å². The van der Waals surface area contributed by atoms with Crippen LogP contribution in [0.15, 0.2) is 12.2 Å². The number of ketones is 1. The van der Waals surface area contributed by atoms with Crippen LogP contribution in [0.3, 0.4) is 0 Å². The van der Waals surface area contributed by atoms with Gasteiger partial charge < -0.3 is 4.90 Å². The number of Topliss-reactive ketones (excluding diaryl/α,β-unsaturated/α-hetero) is 1. The second kappa shape index (κ2) is 5.11. The molecule has 2 atom stereocenters. The lowest BCUT2D eigenvalue weighted by molar-refractivity contribution is -0.121. The van der Waals surface area contributed by atoms with Gasteiger partial charge in [-0.1, -0.05) is 12.2 Å². The molecule has 16 heavy (non-hydrogen) atoms. The van der Waals surface area contributed by atoms with Gasteiger partial charge in [-0.05, 0) is 26.8 Å². The fourth-order valence-corrected chi connectivity index (χ4v) is 2.62. The normalized spacial score (nSPS) is 32.9. The summed E-state index contributed by atoms with van der Waals surface area (Å²) in [7, 11) is 2.17. The van der Waals surface area contributed by atoms with Crippen molar-refractivity contribution in [1.29, 1.82) is 0 Å². The molecular weight excluding hydrogens is 200 g/mol. The van der Waals surface area contributed by atoms with E-state index in [0.717, 1.165) is 39.0 Å². The lowest BCUT2D eigenvalue weighted by Crippen LogP contribution is -2.49. The Morgan fingerprint density at radius 3 is 2.56 bits per heavy atom. The molecule has 2 rings (SSSR count). The van der Waals surface area contributed by atoms with E-state index in [1.54, 1.807) is 6.92 Å². The van der Waals surface area contributed by atoms with Crippen molar-refractivity contribution in [3.63, 3.8) is 0 Å². The standard InChI is InChI=1S/C13H22N2O/c1-11(16)12-4-3-5-13(10-12)15-8-6-14(2)7-9-15/h3,5,12-13H,4,6-10H2,1-2H3/t12-,13+/m0/s1. The summed E-state index contributed by atoms with van der Waals surface area (Å²) in [5.74, 6) is 0.609. The zero-order valence-corrected chi connectivity index (χ0v) is 10.4. The maximum absolute atomic E-state index is 11.4. The van der Waals surface area contributed by atoms with Gasteiger partial charge in [0.2, 0.25) is 0 Å². The van der Waals surface area contributed by atoms with Crippen molar-refractivity contribution >= 4 is 5.78 Å². The molecule has 1 aliphatic carbocycles. The molecule has 0 saturated carbocycles. The fraction of sp³-hybridized carbons (Fsp3) is 0.769. The van der Waals surface area contributed by atoms with E-state index >= 15 is 0 Å². The van der Waals surface area contributed by atoms with E-state index in [4.69, 9.17) is 0 Å². The third-order valence-electron chi connectivity index (χ3n) is 3.89. The van der Waals surface area contributed by atoms with Gasteiger partial charge in [0.05, 0.1) is 0 Å². The molecule has 0 radical (unpaired) electrons. The molecule has 90 valence electrons. The summed E-state index contributed by atoms with van der Waals surface area (Å²) in [6.07, 6.45) is 6.46. The summed E-state index contributed by atoms with van der Waals surface area (Å²) in [6.45, 7) is 6.29. The number of rotatable bonds is 2. The SMILES string of the molecule is CC(=O)[C@H]1CC=C[C@@H](N2CCN(C)CC2)C1. The fourth-order valence-electron chi connectivity index (χ4n) is 2.62. The highest BCUT2D eigenvalue weighted by Crippen LogP contribution is 2.23.